The molecule has 0 aromatic heterocycles. The van der Waals surface area contributed by atoms with Crippen molar-refractivity contribution in [2.45, 2.75) is 12.5 Å². The summed E-state index contributed by atoms with van der Waals surface area (Å²) in [6, 6.07) is 21.4. The molecule has 162 valence electrons. The molecular formula is C26H24N2O4. The molecule has 0 saturated carbocycles. The van der Waals surface area contributed by atoms with Gasteiger partial charge in [0.15, 0.2) is 11.5 Å². The van der Waals surface area contributed by atoms with Gasteiger partial charge in [0, 0.05) is 6.54 Å². The molecule has 0 unspecified atom stereocenters. The Kier molecular flexibility index (Phi) is 5.15. The molecule has 0 fully saturated rings. The van der Waals surface area contributed by atoms with Gasteiger partial charge < -0.3 is 9.47 Å². The summed E-state index contributed by atoms with van der Waals surface area (Å²) in [5.74, 6) is 0.462. The average Bonchev–Trinajstić information content (AvgIpc) is 3.08. The second-order valence-corrected chi connectivity index (χ2v) is 8.00. The fraction of sp³-hybridized carbons (Fsp3) is 0.231. The van der Waals surface area contributed by atoms with Crippen LogP contribution in [-0.2, 0) is 11.2 Å². The van der Waals surface area contributed by atoms with Crippen molar-refractivity contribution in [3.63, 3.8) is 0 Å². The van der Waals surface area contributed by atoms with Crippen LogP contribution in [0, 0.1) is 0 Å². The zero-order chi connectivity index (χ0) is 22.2. The van der Waals surface area contributed by atoms with Gasteiger partial charge >= 0.3 is 5.91 Å². The number of Topliss-reactive ketones (excluding diaryl/α,β-unsaturated/α-hetero) is 1. The van der Waals surface area contributed by atoms with Crippen LogP contribution in [0.1, 0.15) is 33.1 Å². The van der Waals surface area contributed by atoms with Crippen LogP contribution >= 0.6 is 0 Å². The molecule has 0 N–H and O–H groups in total. The minimum absolute atomic E-state index is 0.0876. The Morgan fingerprint density at radius 2 is 1.59 bits per heavy atom. The van der Waals surface area contributed by atoms with E-state index < -0.39 is 11.7 Å². The number of fused-ring (bicyclic) bond motifs is 2. The molecule has 2 aliphatic heterocycles. The Labute approximate surface area is 187 Å². The molecular weight excluding hydrogens is 404 g/mol. The number of amides is 1. The smallest absolute Gasteiger partial charge is 0.300 e. The highest BCUT2D eigenvalue weighted by atomic mass is 16.5. The number of ketones is 1. The van der Waals surface area contributed by atoms with Crippen molar-refractivity contribution in [2.75, 3.05) is 32.3 Å². The summed E-state index contributed by atoms with van der Waals surface area (Å²) in [5, 5.41) is 0. The van der Waals surface area contributed by atoms with E-state index in [4.69, 9.17) is 9.47 Å². The molecule has 32 heavy (non-hydrogen) atoms. The van der Waals surface area contributed by atoms with Crippen molar-refractivity contribution in [1.82, 2.24) is 4.90 Å². The van der Waals surface area contributed by atoms with Crippen molar-refractivity contribution >= 4 is 17.4 Å². The predicted octanol–water partition coefficient (Wildman–Crippen LogP) is 3.84. The van der Waals surface area contributed by atoms with Crippen molar-refractivity contribution in [1.29, 1.82) is 0 Å². The molecule has 5 rings (SSSR count). The second-order valence-electron chi connectivity index (χ2n) is 8.00. The van der Waals surface area contributed by atoms with E-state index in [9.17, 15) is 9.59 Å². The van der Waals surface area contributed by atoms with E-state index in [0.717, 1.165) is 24.1 Å². The van der Waals surface area contributed by atoms with Crippen LogP contribution in [0.5, 0.6) is 11.5 Å². The van der Waals surface area contributed by atoms with Crippen LogP contribution in [-0.4, -0.2) is 44.0 Å². The van der Waals surface area contributed by atoms with Crippen LogP contribution < -0.4 is 14.4 Å². The average molecular weight is 428 g/mol. The number of rotatable bonds is 5. The fourth-order valence-corrected chi connectivity index (χ4v) is 4.75. The number of benzene rings is 3. The number of nitrogens with zero attached hydrogens (tertiary/aromatic N) is 2. The van der Waals surface area contributed by atoms with E-state index in [0.29, 0.717) is 29.4 Å². The highest BCUT2D eigenvalue weighted by Gasteiger charge is 2.39. The van der Waals surface area contributed by atoms with Gasteiger partial charge in [-0.1, -0.05) is 42.5 Å². The van der Waals surface area contributed by atoms with Crippen LogP contribution in [0.3, 0.4) is 0 Å². The maximum Gasteiger partial charge on any atom is 0.300 e. The molecule has 3 aromatic rings. The summed E-state index contributed by atoms with van der Waals surface area (Å²) < 4.78 is 11.1. The Bertz CT molecular complexity index is 1190. The number of para-hydroxylation sites is 1. The van der Waals surface area contributed by atoms with Gasteiger partial charge in [0.1, 0.15) is 0 Å². The highest BCUT2D eigenvalue weighted by molar-refractivity contribution is 6.52. The molecule has 2 aliphatic rings. The molecule has 6 nitrogen and oxygen atoms in total. The lowest BCUT2D eigenvalue weighted by Crippen LogP contribution is -2.45. The van der Waals surface area contributed by atoms with E-state index in [1.165, 1.54) is 5.56 Å². The van der Waals surface area contributed by atoms with Crippen LogP contribution in [0.15, 0.2) is 66.7 Å². The first-order valence-electron chi connectivity index (χ1n) is 10.6. The number of anilines is 1. The van der Waals surface area contributed by atoms with Crippen molar-refractivity contribution in [3.05, 3.63) is 89.0 Å². The van der Waals surface area contributed by atoms with Crippen LogP contribution in [0.2, 0.25) is 0 Å². The zero-order valence-electron chi connectivity index (χ0n) is 18.1. The summed E-state index contributed by atoms with van der Waals surface area (Å²) in [4.78, 5) is 29.2. The first-order chi connectivity index (χ1) is 15.6. The summed E-state index contributed by atoms with van der Waals surface area (Å²) >= 11 is 0. The number of carbonyl (C=O) groups excluding carboxylic acids is 2. The number of methoxy groups -OCH3 is 2. The molecule has 0 bridgehead atoms. The lowest BCUT2D eigenvalue weighted by atomic mass is 9.88. The van der Waals surface area contributed by atoms with Gasteiger partial charge in [-0.3, -0.25) is 19.4 Å². The Morgan fingerprint density at radius 3 is 2.34 bits per heavy atom. The van der Waals surface area contributed by atoms with E-state index >= 15 is 0 Å². The molecule has 0 radical (unpaired) electrons. The third-order valence-electron chi connectivity index (χ3n) is 6.29. The molecule has 0 spiro atoms. The van der Waals surface area contributed by atoms with Crippen LogP contribution in [0.25, 0.3) is 0 Å². The van der Waals surface area contributed by atoms with Gasteiger partial charge in [0.2, 0.25) is 0 Å². The standard InChI is InChI=1S/C26H24N2O4/c1-31-22-14-18-12-13-27(16-28-21-11-7-6-10-19(21)25(29)26(28)30)24(17-8-4-3-5-9-17)20(18)15-23(22)32-2/h3-11,14-15,24H,12-13,16H2,1-2H3/t24-/m0/s1. The second kappa shape index (κ2) is 8.13. The Balaban J connectivity index is 1.58. The van der Waals surface area contributed by atoms with Crippen LogP contribution in [0.4, 0.5) is 5.69 Å². The molecule has 0 aliphatic carbocycles. The highest BCUT2D eigenvalue weighted by Crippen LogP contribution is 2.41. The van der Waals surface area contributed by atoms with E-state index in [2.05, 4.69) is 17.0 Å². The van der Waals surface area contributed by atoms with Gasteiger partial charge in [-0.2, -0.15) is 0 Å². The molecule has 3 aromatic carbocycles. The number of hydrogen-bond acceptors (Lipinski definition) is 5. The van der Waals surface area contributed by atoms with E-state index in [1.54, 1.807) is 31.3 Å². The Morgan fingerprint density at radius 1 is 0.906 bits per heavy atom. The predicted molar refractivity (Wildman–Crippen MR) is 121 cm³/mol. The first kappa shape index (κ1) is 20.3. The Hall–Kier alpha value is -3.64. The van der Waals surface area contributed by atoms with Crippen molar-refractivity contribution < 1.29 is 19.1 Å². The lowest BCUT2D eigenvalue weighted by molar-refractivity contribution is -0.114. The van der Waals surface area contributed by atoms with E-state index in [1.807, 2.05) is 42.5 Å². The van der Waals surface area contributed by atoms with Gasteiger partial charge in [-0.15, -0.1) is 0 Å². The molecule has 6 heteroatoms. The van der Waals surface area contributed by atoms with Gasteiger partial charge in [0.05, 0.1) is 38.2 Å². The maximum atomic E-state index is 12.8. The SMILES string of the molecule is COc1cc2c(cc1OC)[C@H](c1ccccc1)N(CN1C(=O)C(=O)c3ccccc31)CC2. The first-order valence-corrected chi connectivity index (χ1v) is 10.6. The minimum atomic E-state index is -0.476. The quantitative estimate of drug-likeness (QED) is 0.578. The fourth-order valence-electron chi connectivity index (χ4n) is 4.75. The van der Waals surface area contributed by atoms with Gasteiger partial charge in [-0.05, 0) is 47.4 Å². The minimum Gasteiger partial charge on any atom is -0.493 e. The van der Waals surface area contributed by atoms with Gasteiger partial charge in [-0.25, -0.2) is 0 Å². The van der Waals surface area contributed by atoms with Gasteiger partial charge in [0.25, 0.3) is 5.78 Å². The lowest BCUT2D eigenvalue weighted by Gasteiger charge is -2.40. The molecule has 1 atom stereocenters. The number of hydrogen-bond donors (Lipinski definition) is 0. The summed E-state index contributed by atoms with van der Waals surface area (Å²) in [6.45, 7) is 1.07. The van der Waals surface area contributed by atoms with Crippen molar-refractivity contribution in [2.24, 2.45) is 0 Å². The van der Waals surface area contributed by atoms with E-state index in [-0.39, 0.29) is 6.04 Å². The van der Waals surface area contributed by atoms with Crippen molar-refractivity contribution in [3.8, 4) is 11.5 Å². The molecule has 2 heterocycles. The maximum absolute atomic E-state index is 12.8. The largest absolute Gasteiger partial charge is 0.493 e. The summed E-state index contributed by atoms with van der Waals surface area (Å²) in [6.07, 6.45) is 0.802. The number of carbonyl (C=O) groups is 2. The third kappa shape index (κ3) is 3.24. The molecule has 0 saturated heterocycles. The molecule has 1 amide bonds. The third-order valence-corrected chi connectivity index (χ3v) is 6.29. The summed E-state index contributed by atoms with van der Waals surface area (Å²) in [7, 11) is 3.27. The zero-order valence-corrected chi connectivity index (χ0v) is 18.1. The monoisotopic (exact) mass is 428 g/mol. The number of ether oxygens (including phenoxy) is 2. The topological polar surface area (TPSA) is 59.1 Å². The normalized spacial score (nSPS) is 17.8. The summed E-state index contributed by atoms with van der Waals surface area (Å²) in [5.41, 5.74) is 4.57.